The van der Waals surface area contributed by atoms with Crippen molar-refractivity contribution in [2.24, 2.45) is 0 Å². The van der Waals surface area contributed by atoms with Gasteiger partial charge in [-0.25, -0.2) is 9.18 Å². The van der Waals surface area contributed by atoms with Crippen molar-refractivity contribution >= 4 is 17.6 Å². The highest BCUT2D eigenvalue weighted by Crippen LogP contribution is 2.40. The third kappa shape index (κ3) is 2.49. The van der Waals surface area contributed by atoms with Gasteiger partial charge >= 0.3 is 5.97 Å². The Bertz CT molecular complexity index is 463. The zero-order valence-electron chi connectivity index (χ0n) is 9.99. The van der Waals surface area contributed by atoms with Crippen LogP contribution >= 0.6 is 11.6 Å². The van der Waals surface area contributed by atoms with Crippen molar-refractivity contribution in [2.45, 2.75) is 6.10 Å². The zero-order chi connectivity index (χ0) is 13.9. The Balaban J connectivity index is 3.48. The van der Waals surface area contributed by atoms with E-state index in [1.54, 1.807) is 0 Å². The number of ether oxygens (including phenoxy) is 3. The molecule has 0 fully saturated rings. The molecule has 0 spiro atoms. The SMILES string of the molecule is COC(=O)C(O)c1c(F)c(Cl)cc(OC)c1OC. The van der Waals surface area contributed by atoms with Crippen LogP contribution in [0.3, 0.4) is 0 Å². The molecule has 1 aromatic carbocycles. The van der Waals surface area contributed by atoms with Crippen molar-refractivity contribution in [1.29, 1.82) is 0 Å². The molecule has 5 nitrogen and oxygen atoms in total. The van der Waals surface area contributed by atoms with Gasteiger partial charge in [0.25, 0.3) is 0 Å². The summed E-state index contributed by atoms with van der Waals surface area (Å²) >= 11 is 5.64. The van der Waals surface area contributed by atoms with Gasteiger partial charge in [-0.15, -0.1) is 0 Å². The number of rotatable bonds is 4. The first kappa shape index (κ1) is 14.5. The zero-order valence-corrected chi connectivity index (χ0v) is 10.7. The maximum Gasteiger partial charge on any atom is 0.339 e. The summed E-state index contributed by atoms with van der Waals surface area (Å²) in [6.07, 6.45) is -1.85. The number of hydrogen-bond donors (Lipinski definition) is 1. The standard InChI is InChI=1S/C11H12ClFO5/c1-16-6-4-5(12)8(13)7(10(6)17-2)9(14)11(15)18-3/h4,9,14H,1-3H3. The lowest BCUT2D eigenvalue weighted by Gasteiger charge is -2.17. The molecular formula is C11H12ClFO5. The Hall–Kier alpha value is -1.53. The van der Waals surface area contributed by atoms with Crippen molar-refractivity contribution in [3.63, 3.8) is 0 Å². The van der Waals surface area contributed by atoms with Crippen molar-refractivity contribution in [1.82, 2.24) is 0 Å². The highest BCUT2D eigenvalue weighted by Gasteiger charge is 2.30. The normalized spacial score (nSPS) is 11.9. The van der Waals surface area contributed by atoms with Crippen LogP contribution in [-0.4, -0.2) is 32.4 Å². The molecule has 0 radical (unpaired) electrons. The van der Waals surface area contributed by atoms with Crippen LogP contribution in [0.1, 0.15) is 11.7 Å². The second-order valence-electron chi connectivity index (χ2n) is 3.25. The first-order chi connectivity index (χ1) is 8.47. The summed E-state index contributed by atoms with van der Waals surface area (Å²) in [6.45, 7) is 0. The van der Waals surface area contributed by atoms with Crippen LogP contribution in [0.2, 0.25) is 5.02 Å². The molecule has 0 aliphatic heterocycles. The van der Waals surface area contributed by atoms with Gasteiger partial charge in [-0.1, -0.05) is 11.6 Å². The highest BCUT2D eigenvalue weighted by atomic mass is 35.5. The minimum atomic E-state index is -1.85. The molecule has 0 aromatic heterocycles. The molecule has 0 amide bonds. The fourth-order valence-corrected chi connectivity index (χ4v) is 1.64. The van der Waals surface area contributed by atoms with E-state index in [4.69, 9.17) is 21.1 Å². The summed E-state index contributed by atoms with van der Waals surface area (Å²) in [4.78, 5) is 11.3. The van der Waals surface area contributed by atoms with E-state index in [0.29, 0.717) is 0 Å². The maximum absolute atomic E-state index is 13.9. The summed E-state index contributed by atoms with van der Waals surface area (Å²) in [5.41, 5.74) is -0.422. The summed E-state index contributed by atoms with van der Waals surface area (Å²) in [7, 11) is 3.64. The molecule has 1 atom stereocenters. The third-order valence-corrected chi connectivity index (χ3v) is 2.57. The molecule has 100 valence electrons. The second-order valence-corrected chi connectivity index (χ2v) is 3.65. The summed E-state index contributed by atoms with van der Waals surface area (Å²) in [5, 5.41) is 9.42. The number of esters is 1. The predicted molar refractivity (Wildman–Crippen MR) is 61.5 cm³/mol. The minimum Gasteiger partial charge on any atom is -0.493 e. The average molecular weight is 279 g/mol. The number of aliphatic hydroxyl groups is 1. The largest absolute Gasteiger partial charge is 0.493 e. The van der Waals surface area contributed by atoms with Gasteiger partial charge in [0.15, 0.2) is 23.4 Å². The van der Waals surface area contributed by atoms with E-state index in [2.05, 4.69) is 4.74 Å². The van der Waals surface area contributed by atoms with Crippen molar-refractivity contribution in [3.05, 3.63) is 22.5 Å². The van der Waals surface area contributed by atoms with Crippen LogP contribution in [-0.2, 0) is 9.53 Å². The van der Waals surface area contributed by atoms with Gasteiger partial charge in [-0.3, -0.25) is 0 Å². The van der Waals surface area contributed by atoms with E-state index in [-0.39, 0.29) is 16.5 Å². The Labute approximate surface area is 108 Å². The summed E-state index contributed by atoms with van der Waals surface area (Å²) < 4.78 is 28.1. The van der Waals surface area contributed by atoms with E-state index >= 15 is 0 Å². The number of methoxy groups -OCH3 is 3. The molecule has 1 N–H and O–H groups in total. The maximum atomic E-state index is 13.9. The monoisotopic (exact) mass is 278 g/mol. The average Bonchev–Trinajstić information content (AvgIpc) is 2.39. The lowest BCUT2D eigenvalue weighted by molar-refractivity contribution is -0.151. The molecule has 0 aliphatic rings. The topological polar surface area (TPSA) is 65.0 Å². The number of carbonyl (C=O) groups excluding carboxylic acids is 1. The Kier molecular flexibility index (Phi) is 4.75. The van der Waals surface area contributed by atoms with E-state index in [1.165, 1.54) is 20.3 Å². The van der Waals surface area contributed by atoms with Crippen LogP contribution < -0.4 is 9.47 Å². The van der Waals surface area contributed by atoms with Crippen LogP contribution in [0.5, 0.6) is 11.5 Å². The molecule has 1 aromatic rings. The predicted octanol–water partition coefficient (Wildman–Crippen LogP) is 1.70. The van der Waals surface area contributed by atoms with Crippen LogP contribution in [0.25, 0.3) is 0 Å². The van der Waals surface area contributed by atoms with E-state index in [0.717, 1.165) is 7.11 Å². The van der Waals surface area contributed by atoms with Crippen molar-refractivity contribution in [3.8, 4) is 11.5 Å². The molecule has 7 heteroatoms. The van der Waals surface area contributed by atoms with Crippen molar-refractivity contribution < 1.29 is 28.5 Å². The molecule has 1 unspecified atom stereocenters. The molecule has 0 saturated carbocycles. The lowest BCUT2D eigenvalue weighted by Crippen LogP contribution is -2.16. The fourth-order valence-electron chi connectivity index (χ4n) is 1.44. The van der Waals surface area contributed by atoms with Gasteiger partial charge < -0.3 is 19.3 Å². The Morgan fingerprint density at radius 3 is 2.44 bits per heavy atom. The first-order valence-electron chi connectivity index (χ1n) is 4.83. The van der Waals surface area contributed by atoms with Gasteiger partial charge in [-0.05, 0) is 0 Å². The molecule has 18 heavy (non-hydrogen) atoms. The Morgan fingerprint density at radius 2 is 2.00 bits per heavy atom. The smallest absolute Gasteiger partial charge is 0.339 e. The van der Waals surface area contributed by atoms with Crippen LogP contribution in [0.4, 0.5) is 4.39 Å². The molecule has 1 rings (SSSR count). The van der Waals surface area contributed by atoms with Crippen LogP contribution in [0, 0.1) is 5.82 Å². The van der Waals surface area contributed by atoms with Gasteiger partial charge in [0.2, 0.25) is 0 Å². The van der Waals surface area contributed by atoms with Gasteiger partial charge in [-0.2, -0.15) is 0 Å². The van der Waals surface area contributed by atoms with Gasteiger partial charge in [0, 0.05) is 6.07 Å². The van der Waals surface area contributed by atoms with Gasteiger partial charge in [0.05, 0.1) is 31.9 Å². The first-order valence-corrected chi connectivity index (χ1v) is 5.21. The molecular weight excluding hydrogens is 267 g/mol. The van der Waals surface area contributed by atoms with Crippen LogP contribution in [0.15, 0.2) is 6.07 Å². The third-order valence-electron chi connectivity index (χ3n) is 2.29. The second kappa shape index (κ2) is 5.88. The van der Waals surface area contributed by atoms with Gasteiger partial charge in [0.1, 0.15) is 0 Å². The number of halogens is 2. The molecule has 0 aliphatic carbocycles. The molecule has 0 saturated heterocycles. The number of hydrogen-bond acceptors (Lipinski definition) is 5. The van der Waals surface area contributed by atoms with Crippen molar-refractivity contribution in [2.75, 3.05) is 21.3 Å². The summed E-state index contributed by atoms with van der Waals surface area (Å²) in [6, 6.07) is 1.18. The molecule has 0 bridgehead atoms. The van der Waals surface area contributed by atoms with E-state index < -0.39 is 23.5 Å². The fraction of sp³-hybridized carbons (Fsp3) is 0.364. The number of carbonyl (C=O) groups is 1. The quantitative estimate of drug-likeness (QED) is 0.849. The van der Waals surface area contributed by atoms with E-state index in [1.807, 2.05) is 0 Å². The lowest BCUT2D eigenvalue weighted by atomic mass is 10.1. The number of aliphatic hydroxyl groups excluding tert-OH is 1. The summed E-state index contributed by atoms with van der Waals surface area (Å²) in [5.74, 6) is -2.01. The highest BCUT2D eigenvalue weighted by molar-refractivity contribution is 6.31. The number of benzene rings is 1. The minimum absolute atomic E-state index is 0.0989. The Morgan fingerprint density at radius 1 is 1.39 bits per heavy atom. The molecule has 0 heterocycles. The van der Waals surface area contributed by atoms with E-state index in [9.17, 15) is 14.3 Å².